The highest BCUT2D eigenvalue weighted by atomic mass is 79.9. The molecule has 0 N–H and O–H groups in total. The van der Waals surface area contributed by atoms with Crippen molar-refractivity contribution in [1.82, 2.24) is 9.97 Å². The van der Waals surface area contributed by atoms with Gasteiger partial charge in [0, 0.05) is 31.9 Å². The van der Waals surface area contributed by atoms with E-state index in [2.05, 4.69) is 101 Å². The molecule has 7 rings (SSSR count). The molecule has 0 radical (unpaired) electrons. The lowest BCUT2D eigenvalue weighted by molar-refractivity contribution is 0.669. The molecular formula is C34H21BrN2O. The molecule has 4 heteroatoms. The maximum absolute atomic E-state index is 6.15. The molecule has 2 heterocycles. The van der Waals surface area contributed by atoms with E-state index in [4.69, 9.17) is 14.4 Å². The van der Waals surface area contributed by atoms with Crippen molar-refractivity contribution in [3.8, 4) is 45.0 Å². The van der Waals surface area contributed by atoms with Gasteiger partial charge in [0.2, 0.25) is 0 Å². The Kier molecular flexibility index (Phi) is 5.60. The van der Waals surface area contributed by atoms with E-state index in [1.54, 1.807) is 0 Å². The summed E-state index contributed by atoms with van der Waals surface area (Å²) in [5, 5.41) is 2.20. The number of para-hydroxylation sites is 1. The number of aromatic nitrogens is 2. The predicted molar refractivity (Wildman–Crippen MR) is 159 cm³/mol. The van der Waals surface area contributed by atoms with Gasteiger partial charge in [0.25, 0.3) is 0 Å². The second-order valence-corrected chi connectivity index (χ2v) is 10.1. The molecule has 0 aliphatic heterocycles. The van der Waals surface area contributed by atoms with E-state index in [-0.39, 0.29) is 0 Å². The molecule has 0 spiro atoms. The number of benzene rings is 5. The van der Waals surface area contributed by atoms with Crippen molar-refractivity contribution in [2.45, 2.75) is 0 Å². The molecular weight excluding hydrogens is 532 g/mol. The fourth-order valence-corrected chi connectivity index (χ4v) is 5.09. The third kappa shape index (κ3) is 4.19. The summed E-state index contributed by atoms with van der Waals surface area (Å²) in [6.07, 6.45) is 0. The Hall–Kier alpha value is -4.54. The second-order valence-electron chi connectivity index (χ2n) is 9.22. The smallest absolute Gasteiger partial charge is 0.160 e. The van der Waals surface area contributed by atoms with Crippen LogP contribution in [-0.2, 0) is 0 Å². The molecule has 7 aromatic rings. The number of halogens is 1. The largest absolute Gasteiger partial charge is 0.456 e. The SMILES string of the molecule is Brc1ccc(-c2ccc(-c3cc(-c4ccccc4)nc(-c4ccc5c(c4)oc4ccccc45)n3)cc2)cc1. The molecule has 0 bridgehead atoms. The van der Waals surface area contributed by atoms with Crippen molar-refractivity contribution in [3.05, 3.63) is 132 Å². The van der Waals surface area contributed by atoms with Gasteiger partial charge in [0.05, 0.1) is 11.4 Å². The van der Waals surface area contributed by atoms with Crippen LogP contribution in [0, 0.1) is 0 Å². The summed E-state index contributed by atoms with van der Waals surface area (Å²) in [6, 6.07) is 43.5. The number of hydrogen-bond acceptors (Lipinski definition) is 3. The molecule has 3 nitrogen and oxygen atoms in total. The van der Waals surface area contributed by atoms with Crippen LogP contribution < -0.4 is 0 Å². The van der Waals surface area contributed by atoms with E-state index in [1.807, 2.05) is 42.5 Å². The fourth-order valence-electron chi connectivity index (χ4n) is 4.82. The summed E-state index contributed by atoms with van der Waals surface area (Å²) in [6.45, 7) is 0. The quantitative estimate of drug-likeness (QED) is 0.218. The topological polar surface area (TPSA) is 38.9 Å². The van der Waals surface area contributed by atoms with Crippen LogP contribution in [0.2, 0.25) is 0 Å². The Bertz CT molecular complexity index is 1910. The summed E-state index contributed by atoms with van der Waals surface area (Å²) < 4.78 is 7.22. The monoisotopic (exact) mass is 552 g/mol. The molecule has 2 aromatic heterocycles. The summed E-state index contributed by atoms with van der Waals surface area (Å²) in [4.78, 5) is 9.99. The number of nitrogens with zero attached hydrogens (tertiary/aromatic N) is 2. The van der Waals surface area contributed by atoms with Gasteiger partial charge in [-0.15, -0.1) is 0 Å². The average Bonchev–Trinajstić information content (AvgIpc) is 3.36. The van der Waals surface area contributed by atoms with Crippen LogP contribution in [0.1, 0.15) is 0 Å². The minimum Gasteiger partial charge on any atom is -0.456 e. The molecule has 5 aromatic carbocycles. The van der Waals surface area contributed by atoms with Gasteiger partial charge in [-0.2, -0.15) is 0 Å². The van der Waals surface area contributed by atoms with E-state index in [1.165, 1.54) is 5.56 Å². The first-order chi connectivity index (χ1) is 18.7. The van der Waals surface area contributed by atoms with Crippen LogP contribution in [0.4, 0.5) is 0 Å². The molecule has 0 atom stereocenters. The van der Waals surface area contributed by atoms with Gasteiger partial charge in [0.1, 0.15) is 11.2 Å². The molecule has 0 aliphatic rings. The minimum absolute atomic E-state index is 0.667. The molecule has 180 valence electrons. The summed E-state index contributed by atoms with van der Waals surface area (Å²) in [7, 11) is 0. The second kappa shape index (κ2) is 9.40. The highest BCUT2D eigenvalue weighted by Crippen LogP contribution is 2.33. The van der Waals surface area contributed by atoms with Gasteiger partial charge >= 0.3 is 0 Å². The lowest BCUT2D eigenvalue weighted by atomic mass is 10.0. The van der Waals surface area contributed by atoms with Crippen LogP contribution in [-0.4, -0.2) is 9.97 Å². The number of furan rings is 1. The van der Waals surface area contributed by atoms with E-state index in [0.29, 0.717) is 5.82 Å². The standard InChI is InChI=1S/C34H21BrN2O/c35-27-17-14-23(15-18-27)22-10-12-25(13-11-22)31-21-30(24-6-2-1-3-7-24)36-34(37-31)26-16-19-29-28-8-4-5-9-32(28)38-33(29)20-26/h1-21H. The van der Waals surface area contributed by atoms with Crippen molar-refractivity contribution in [2.24, 2.45) is 0 Å². The van der Waals surface area contributed by atoms with E-state index in [9.17, 15) is 0 Å². The molecule has 0 saturated carbocycles. The zero-order valence-electron chi connectivity index (χ0n) is 20.3. The van der Waals surface area contributed by atoms with E-state index >= 15 is 0 Å². The Morgan fingerprint density at radius 2 is 1.00 bits per heavy atom. The van der Waals surface area contributed by atoms with Crippen LogP contribution in [0.15, 0.2) is 136 Å². The van der Waals surface area contributed by atoms with E-state index in [0.717, 1.165) is 60.1 Å². The van der Waals surface area contributed by atoms with Gasteiger partial charge < -0.3 is 4.42 Å². The Labute approximate surface area is 228 Å². The third-order valence-electron chi connectivity index (χ3n) is 6.79. The first kappa shape index (κ1) is 22.6. The fraction of sp³-hybridized carbons (Fsp3) is 0. The van der Waals surface area contributed by atoms with Gasteiger partial charge in [-0.25, -0.2) is 9.97 Å². The maximum atomic E-state index is 6.15. The molecule has 38 heavy (non-hydrogen) atoms. The van der Waals surface area contributed by atoms with Gasteiger partial charge in [-0.05, 0) is 47.5 Å². The molecule has 0 unspecified atom stereocenters. The normalized spacial score (nSPS) is 11.3. The number of hydrogen-bond donors (Lipinski definition) is 0. The highest BCUT2D eigenvalue weighted by Gasteiger charge is 2.13. The first-order valence-electron chi connectivity index (χ1n) is 12.4. The average molecular weight is 553 g/mol. The summed E-state index contributed by atoms with van der Waals surface area (Å²) >= 11 is 3.51. The zero-order valence-corrected chi connectivity index (χ0v) is 21.9. The van der Waals surface area contributed by atoms with Crippen molar-refractivity contribution in [1.29, 1.82) is 0 Å². The Morgan fingerprint density at radius 3 is 1.74 bits per heavy atom. The Balaban J connectivity index is 1.35. The lowest BCUT2D eigenvalue weighted by Gasteiger charge is -2.10. The Morgan fingerprint density at radius 1 is 0.447 bits per heavy atom. The van der Waals surface area contributed by atoms with Crippen LogP contribution >= 0.6 is 15.9 Å². The number of fused-ring (bicyclic) bond motifs is 3. The molecule has 0 amide bonds. The van der Waals surface area contributed by atoms with Crippen molar-refractivity contribution in [2.75, 3.05) is 0 Å². The predicted octanol–water partition coefficient (Wildman–Crippen LogP) is 9.81. The lowest BCUT2D eigenvalue weighted by Crippen LogP contribution is -1.96. The third-order valence-corrected chi connectivity index (χ3v) is 7.32. The maximum Gasteiger partial charge on any atom is 0.160 e. The molecule has 0 fully saturated rings. The first-order valence-corrected chi connectivity index (χ1v) is 13.2. The van der Waals surface area contributed by atoms with Crippen molar-refractivity contribution < 1.29 is 4.42 Å². The molecule has 0 saturated heterocycles. The highest BCUT2D eigenvalue weighted by molar-refractivity contribution is 9.10. The van der Waals surface area contributed by atoms with Crippen LogP contribution in [0.25, 0.3) is 67.0 Å². The van der Waals surface area contributed by atoms with Crippen LogP contribution in [0.5, 0.6) is 0 Å². The van der Waals surface area contributed by atoms with Crippen LogP contribution in [0.3, 0.4) is 0 Å². The van der Waals surface area contributed by atoms with Gasteiger partial charge in [0.15, 0.2) is 5.82 Å². The summed E-state index contributed by atoms with van der Waals surface area (Å²) in [5.41, 5.74) is 8.81. The minimum atomic E-state index is 0.667. The summed E-state index contributed by atoms with van der Waals surface area (Å²) in [5.74, 6) is 0.667. The van der Waals surface area contributed by atoms with Crippen molar-refractivity contribution >= 4 is 37.9 Å². The van der Waals surface area contributed by atoms with Crippen molar-refractivity contribution in [3.63, 3.8) is 0 Å². The van der Waals surface area contributed by atoms with Gasteiger partial charge in [-0.3, -0.25) is 0 Å². The molecule has 0 aliphatic carbocycles. The number of rotatable bonds is 4. The zero-order chi connectivity index (χ0) is 25.5. The van der Waals surface area contributed by atoms with E-state index < -0.39 is 0 Å². The van der Waals surface area contributed by atoms with Gasteiger partial charge in [-0.1, -0.05) is 107 Å².